The summed E-state index contributed by atoms with van der Waals surface area (Å²) in [6.45, 7) is 10.9. The zero-order chi connectivity index (χ0) is 23.1. The number of aromatic nitrogens is 2. The Morgan fingerprint density at radius 2 is 1.72 bits per heavy atom. The summed E-state index contributed by atoms with van der Waals surface area (Å²) in [5.74, 6) is 2.16. The zero-order valence-electron chi connectivity index (χ0n) is 20.3. The Morgan fingerprint density at radius 3 is 2.38 bits per heavy atom. The van der Waals surface area contributed by atoms with Crippen molar-refractivity contribution in [3.8, 4) is 0 Å². The molecule has 0 radical (unpaired) electrons. The molecule has 176 valence electrons. The molecule has 0 bridgehead atoms. The number of fused-ring (bicyclic) bond motifs is 1. The van der Waals surface area contributed by atoms with Crippen LogP contribution in [0.3, 0.4) is 0 Å². The number of hydrogen-bond acceptors (Lipinski definition) is 3. The smallest absolute Gasteiger partial charge is 0.242 e. The SMILES string of the molecule is CC(C)CN(CC(C)C)C(=O)Cn1c(CCNC(=O)C2CCCCC2)nc2ccccc21. The monoisotopic (exact) mass is 440 g/mol. The first-order valence-electron chi connectivity index (χ1n) is 12.3. The van der Waals surface area contributed by atoms with Crippen molar-refractivity contribution in [3.05, 3.63) is 30.1 Å². The summed E-state index contributed by atoms with van der Waals surface area (Å²) in [6, 6.07) is 7.97. The average molecular weight is 441 g/mol. The Kier molecular flexibility index (Phi) is 8.71. The Morgan fingerprint density at radius 1 is 1.06 bits per heavy atom. The summed E-state index contributed by atoms with van der Waals surface area (Å²) in [4.78, 5) is 32.6. The van der Waals surface area contributed by atoms with E-state index in [0.717, 1.165) is 55.6 Å². The highest BCUT2D eigenvalue weighted by molar-refractivity contribution is 5.81. The molecule has 1 aromatic heterocycles. The highest BCUT2D eigenvalue weighted by atomic mass is 16.2. The molecule has 0 aliphatic heterocycles. The fourth-order valence-electron chi connectivity index (χ4n) is 4.69. The fraction of sp³-hybridized carbons (Fsp3) is 0.654. The van der Waals surface area contributed by atoms with Crippen LogP contribution in [-0.4, -0.2) is 45.9 Å². The molecule has 32 heavy (non-hydrogen) atoms. The number of amides is 2. The van der Waals surface area contributed by atoms with E-state index in [2.05, 4.69) is 33.0 Å². The van der Waals surface area contributed by atoms with Crippen molar-refractivity contribution in [1.29, 1.82) is 0 Å². The largest absolute Gasteiger partial charge is 0.355 e. The minimum absolute atomic E-state index is 0.128. The molecule has 1 saturated carbocycles. The van der Waals surface area contributed by atoms with Crippen molar-refractivity contribution in [2.75, 3.05) is 19.6 Å². The summed E-state index contributed by atoms with van der Waals surface area (Å²) >= 11 is 0. The molecule has 1 aliphatic carbocycles. The van der Waals surface area contributed by atoms with E-state index in [-0.39, 0.29) is 24.3 Å². The minimum atomic E-state index is 0.128. The third-order valence-corrected chi connectivity index (χ3v) is 6.17. The minimum Gasteiger partial charge on any atom is -0.355 e. The maximum Gasteiger partial charge on any atom is 0.242 e. The maximum absolute atomic E-state index is 13.3. The van der Waals surface area contributed by atoms with E-state index in [1.54, 1.807) is 0 Å². The lowest BCUT2D eigenvalue weighted by atomic mass is 9.89. The second-order valence-electron chi connectivity index (χ2n) is 10.1. The first kappa shape index (κ1) is 24.3. The number of imidazole rings is 1. The van der Waals surface area contributed by atoms with Gasteiger partial charge in [-0.1, -0.05) is 59.1 Å². The van der Waals surface area contributed by atoms with Gasteiger partial charge in [-0.05, 0) is 36.8 Å². The van der Waals surface area contributed by atoms with Gasteiger partial charge in [0.05, 0.1) is 11.0 Å². The molecule has 0 unspecified atom stereocenters. The number of carbonyl (C=O) groups is 2. The van der Waals surface area contributed by atoms with Crippen LogP contribution >= 0.6 is 0 Å². The molecule has 0 atom stereocenters. The molecule has 2 amide bonds. The van der Waals surface area contributed by atoms with Crippen LogP contribution in [0, 0.1) is 17.8 Å². The summed E-state index contributed by atoms with van der Waals surface area (Å²) < 4.78 is 2.04. The van der Waals surface area contributed by atoms with Crippen molar-refractivity contribution in [3.63, 3.8) is 0 Å². The third kappa shape index (κ3) is 6.57. The first-order chi connectivity index (χ1) is 15.3. The van der Waals surface area contributed by atoms with Crippen LogP contribution < -0.4 is 5.32 Å². The zero-order valence-corrected chi connectivity index (χ0v) is 20.3. The van der Waals surface area contributed by atoms with Crippen LogP contribution in [0.5, 0.6) is 0 Å². The van der Waals surface area contributed by atoms with Crippen molar-refractivity contribution in [1.82, 2.24) is 19.8 Å². The van der Waals surface area contributed by atoms with Crippen molar-refractivity contribution >= 4 is 22.8 Å². The molecular weight excluding hydrogens is 400 g/mol. The number of rotatable bonds is 10. The number of para-hydroxylation sites is 2. The van der Waals surface area contributed by atoms with Crippen LogP contribution in [0.1, 0.15) is 65.6 Å². The molecular formula is C26H40N4O2. The van der Waals surface area contributed by atoms with Gasteiger partial charge in [0.15, 0.2) is 0 Å². The molecule has 1 fully saturated rings. The van der Waals surface area contributed by atoms with Crippen LogP contribution in [0.2, 0.25) is 0 Å². The quantitative estimate of drug-likeness (QED) is 0.595. The summed E-state index contributed by atoms with van der Waals surface area (Å²) in [6.07, 6.45) is 6.17. The Hall–Kier alpha value is -2.37. The number of carbonyl (C=O) groups excluding carboxylic acids is 2. The van der Waals surface area contributed by atoms with Crippen molar-refractivity contribution in [2.45, 2.75) is 72.8 Å². The van der Waals surface area contributed by atoms with Gasteiger partial charge in [0.1, 0.15) is 12.4 Å². The van der Waals surface area contributed by atoms with Gasteiger partial charge in [-0.25, -0.2) is 4.98 Å². The van der Waals surface area contributed by atoms with E-state index in [9.17, 15) is 9.59 Å². The van der Waals surface area contributed by atoms with Crippen LogP contribution in [-0.2, 0) is 22.6 Å². The lowest BCUT2D eigenvalue weighted by Gasteiger charge is -2.27. The number of hydrogen-bond donors (Lipinski definition) is 1. The molecule has 1 aliphatic rings. The summed E-state index contributed by atoms with van der Waals surface area (Å²) in [5.41, 5.74) is 1.87. The normalized spacial score (nSPS) is 14.9. The van der Waals surface area contributed by atoms with Gasteiger partial charge in [0.2, 0.25) is 11.8 Å². The van der Waals surface area contributed by atoms with Gasteiger partial charge in [0, 0.05) is 32.0 Å². The van der Waals surface area contributed by atoms with Crippen LogP contribution in [0.25, 0.3) is 11.0 Å². The highest BCUT2D eigenvalue weighted by Crippen LogP contribution is 2.23. The number of nitrogens with one attached hydrogen (secondary N) is 1. The molecule has 6 heteroatoms. The fourth-order valence-corrected chi connectivity index (χ4v) is 4.69. The van der Waals surface area contributed by atoms with E-state index in [1.807, 2.05) is 33.7 Å². The highest BCUT2D eigenvalue weighted by Gasteiger charge is 2.22. The van der Waals surface area contributed by atoms with Crippen LogP contribution in [0.4, 0.5) is 0 Å². The molecule has 0 saturated heterocycles. The molecule has 6 nitrogen and oxygen atoms in total. The Balaban J connectivity index is 1.71. The lowest BCUT2D eigenvalue weighted by molar-refractivity contribution is -0.133. The molecule has 1 heterocycles. The van der Waals surface area contributed by atoms with E-state index in [1.165, 1.54) is 6.42 Å². The van der Waals surface area contributed by atoms with E-state index in [4.69, 9.17) is 4.98 Å². The standard InChI is InChI=1S/C26H40N4O2/c1-19(2)16-29(17-20(3)4)25(31)18-30-23-13-9-8-12-22(23)28-24(30)14-15-27-26(32)21-10-6-5-7-11-21/h8-9,12-13,19-21H,5-7,10-11,14-18H2,1-4H3,(H,27,32). The van der Waals surface area contributed by atoms with Gasteiger partial charge in [-0.3, -0.25) is 9.59 Å². The summed E-state index contributed by atoms with van der Waals surface area (Å²) in [7, 11) is 0. The van der Waals surface area contributed by atoms with Gasteiger partial charge < -0.3 is 14.8 Å². The Labute approximate surface area is 192 Å². The molecule has 2 aromatic rings. The second kappa shape index (κ2) is 11.5. The average Bonchev–Trinajstić information content (AvgIpc) is 3.10. The van der Waals surface area contributed by atoms with Gasteiger partial charge in [0.25, 0.3) is 0 Å². The first-order valence-corrected chi connectivity index (χ1v) is 12.3. The number of nitrogens with zero attached hydrogens (tertiary/aromatic N) is 3. The van der Waals surface area contributed by atoms with Crippen LogP contribution in [0.15, 0.2) is 24.3 Å². The molecule has 0 spiro atoms. The molecule has 1 N–H and O–H groups in total. The van der Waals surface area contributed by atoms with Crippen molar-refractivity contribution in [2.24, 2.45) is 17.8 Å². The van der Waals surface area contributed by atoms with Crippen molar-refractivity contribution < 1.29 is 9.59 Å². The van der Waals surface area contributed by atoms with Gasteiger partial charge in [-0.2, -0.15) is 0 Å². The summed E-state index contributed by atoms with van der Waals surface area (Å²) in [5, 5.41) is 3.11. The third-order valence-electron chi connectivity index (χ3n) is 6.17. The van der Waals surface area contributed by atoms with Gasteiger partial charge in [-0.15, -0.1) is 0 Å². The predicted molar refractivity (Wildman–Crippen MR) is 129 cm³/mol. The topological polar surface area (TPSA) is 67.2 Å². The Bertz CT molecular complexity index is 886. The van der Waals surface area contributed by atoms with E-state index in [0.29, 0.717) is 24.8 Å². The maximum atomic E-state index is 13.3. The second-order valence-corrected chi connectivity index (χ2v) is 10.1. The molecule has 3 rings (SSSR count). The predicted octanol–water partition coefficient (Wildman–Crippen LogP) is 4.42. The van der Waals surface area contributed by atoms with Gasteiger partial charge >= 0.3 is 0 Å². The van der Waals surface area contributed by atoms with E-state index >= 15 is 0 Å². The number of benzene rings is 1. The van der Waals surface area contributed by atoms with E-state index < -0.39 is 0 Å². The lowest BCUT2D eigenvalue weighted by Crippen LogP contribution is -2.39. The molecule has 1 aromatic carbocycles.